The molecule has 0 N–H and O–H groups in total. The lowest BCUT2D eigenvalue weighted by molar-refractivity contribution is 0.101. The molecule has 0 radical (unpaired) electrons. The van der Waals surface area contributed by atoms with Crippen molar-refractivity contribution in [1.82, 2.24) is 9.97 Å². The highest BCUT2D eigenvalue weighted by Gasteiger charge is 2.15. The summed E-state index contributed by atoms with van der Waals surface area (Å²) in [6.45, 7) is 1.40. The van der Waals surface area contributed by atoms with Gasteiger partial charge < -0.3 is 14.2 Å². The molecule has 0 amide bonds. The predicted molar refractivity (Wildman–Crippen MR) is 76.7 cm³/mol. The topological polar surface area (TPSA) is 70.5 Å². The quantitative estimate of drug-likeness (QED) is 0.790. The van der Waals surface area contributed by atoms with E-state index >= 15 is 0 Å². The van der Waals surface area contributed by atoms with Crippen molar-refractivity contribution in [1.29, 1.82) is 0 Å². The van der Waals surface area contributed by atoms with E-state index < -0.39 is 0 Å². The number of rotatable bonds is 5. The van der Waals surface area contributed by atoms with E-state index in [-0.39, 0.29) is 34.9 Å². The van der Waals surface area contributed by atoms with Crippen LogP contribution >= 0.6 is 11.6 Å². The summed E-state index contributed by atoms with van der Waals surface area (Å²) in [4.78, 5) is 19.7. The third-order valence-corrected chi connectivity index (χ3v) is 2.92. The summed E-state index contributed by atoms with van der Waals surface area (Å²) in [5.74, 6) is 0.613. The highest BCUT2D eigenvalue weighted by molar-refractivity contribution is 6.34. The van der Waals surface area contributed by atoms with Crippen molar-refractivity contribution in [3.05, 3.63) is 34.9 Å². The van der Waals surface area contributed by atoms with Crippen LogP contribution in [0.3, 0.4) is 0 Å². The fraction of sp³-hybridized carbons (Fsp3) is 0.214. The molecule has 0 unspecified atom stereocenters. The fourth-order valence-electron chi connectivity index (χ4n) is 1.67. The SMILES string of the molecule is COc1cc(OC)nc(Oc2cccc(Cl)c2C(C)=O)n1. The molecule has 1 aromatic heterocycles. The van der Waals surface area contributed by atoms with Crippen LogP contribution in [0.15, 0.2) is 24.3 Å². The number of ketones is 1. The summed E-state index contributed by atoms with van der Waals surface area (Å²) in [7, 11) is 2.93. The molecule has 110 valence electrons. The van der Waals surface area contributed by atoms with E-state index in [1.54, 1.807) is 18.2 Å². The number of hydrogen-bond donors (Lipinski definition) is 0. The van der Waals surface area contributed by atoms with Crippen molar-refractivity contribution in [3.63, 3.8) is 0 Å². The van der Waals surface area contributed by atoms with Crippen LogP contribution in [-0.2, 0) is 0 Å². The molecular formula is C14H13ClN2O4. The summed E-state index contributed by atoms with van der Waals surface area (Å²) in [6.07, 6.45) is 0. The average molecular weight is 309 g/mol. The molecular weight excluding hydrogens is 296 g/mol. The summed E-state index contributed by atoms with van der Waals surface area (Å²) in [6, 6.07) is 6.39. The number of carbonyl (C=O) groups is 1. The van der Waals surface area contributed by atoms with Crippen LogP contribution < -0.4 is 14.2 Å². The second-order valence-electron chi connectivity index (χ2n) is 4.01. The van der Waals surface area contributed by atoms with Crippen LogP contribution in [0, 0.1) is 0 Å². The number of halogens is 1. The Morgan fingerprint density at radius 3 is 2.29 bits per heavy atom. The molecule has 21 heavy (non-hydrogen) atoms. The van der Waals surface area contributed by atoms with Crippen molar-refractivity contribution in [2.75, 3.05) is 14.2 Å². The standard InChI is InChI=1S/C14H13ClN2O4/c1-8(18)13-9(15)5-4-6-10(13)21-14-16-11(19-2)7-12(17-14)20-3/h4-7H,1-3H3. The molecule has 1 heterocycles. The maximum atomic E-state index is 11.7. The Balaban J connectivity index is 2.43. The lowest BCUT2D eigenvalue weighted by Gasteiger charge is -2.10. The Morgan fingerprint density at radius 1 is 1.14 bits per heavy atom. The normalized spacial score (nSPS) is 10.1. The van der Waals surface area contributed by atoms with E-state index in [4.69, 9.17) is 25.8 Å². The van der Waals surface area contributed by atoms with Crippen LogP contribution in [0.4, 0.5) is 0 Å². The van der Waals surface area contributed by atoms with Gasteiger partial charge in [-0.05, 0) is 19.1 Å². The molecule has 0 atom stereocenters. The number of ether oxygens (including phenoxy) is 3. The Hall–Kier alpha value is -2.34. The first-order valence-electron chi connectivity index (χ1n) is 5.99. The minimum Gasteiger partial charge on any atom is -0.481 e. The van der Waals surface area contributed by atoms with Gasteiger partial charge in [0.25, 0.3) is 0 Å². The molecule has 0 aliphatic rings. The second-order valence-corrected chi connectivity index (χ2v) is 4.41. The van der Waals surface area contributed by atoms with Gasteiger partial charge >= 0.3 is 6.01 Å². The van der Waals surface area contributed by atoms with Gasteiger partial charge in [0.05, 0.1) is 30.9 Å². The zero-order valence-corrected chi connectivity index (χ0v) is 12.5. The molecule has 2 rings (SSSR count). The van der Waals surface area contributed by atoms with Crippen LogP contribution in [0.2, 0.25) is 5.02 Å². The first kappa shape index (κ1) is 15.1. The first-order chi connectivity index (χ1) is 10.0. The van der Waals surface area contributed by atoms with Crippen LogP contribution in [0.1, 0.15) is 17.3 Å². The minimum atomic E-state index is -0.217. The molecule has 0 fully saturated rings. The zero-order valence-electron chi connectivity index (χ0n) is 11.7. The van der Waals surface area contributed by atoms with Crippen LogP contribution in [0.25, 0.3) is 0 Å². The molecule has 7 heteroatoms. The van der Waals surface area contributed by atoms with E-state index in [1.807, 2.05) is 0 Å². The minimum absolute atomic E-state index is 0.00373. The van der Waals surface area contributed by atoms with Gasteiger partial charge in [0.15, 0.2) is 5.78 Å². The first-order valence-corrected chi connectivity index (χ1v) is 6.37. The smallest absolute Gasteiger partial charge is 0.328 e. The molecule has 6 nitrogen and oxygen atoms in total. The van der Waals surface area contributed by atoms with E-state index in [9.17, 15) is 4.79 Å². The van der Waals surface area contributed by atoms with Gasteiger partial charge in [-0.2, -0.15) is 9.97 Å². The molecule has 0 aliphatic heterocycles. The highest BCUT2D eigenvalue weighted by Crippen LogP contribution is 2.30. The number of nitrogens with zero attached hydrogens (tertiary/aromatic N) is 2. The van der Waals surface area contributed by atoms with E-state index in [1.165, 1.54) is 27.2 Å². The van der Waals surface area contributed by atoms with Gasteiger partial charge in [0.2, 0.25) is 11.8 Å². The monoisotopic (exact) mass is 308 g/mol. The Bertz CT molecular complexity index is 654. The number of Topliss-reactive ketones (excluding diaryl/α,β-unsaturated/α-hetero) is 1. The third kappa shape index (κ3) is 3.41. The Labute approximate surface area is 126 Å². The van der Waals surface area contributed by atoms with Crippen molar-refractivity contribution >= 4 is 17.4 Å². The van der Waals surface area contributed by atoms with Gasteiger partial charge in [-0.15, -0.1) is 0 Å². The van der Waals surface area contributed by atoms with E-state index in [0.29, 0.717) is 5.02 Å². The number of aromatic nitrogens is 2. The van der Waals surface area contributed by atoms with Gasteiger partial charge in [-0.1, -0.05) is 17.7 Å². The summed E-state index contributed by atoms with van der Waals surface area (Å²) in [5.41, 5.74) is 0.268. The molecule has 0 bridgehead atoms. The van der Waals surface area contributed by atoms with Gasteiger partial charge in [-0.25, -0.2) is 0 Å². The largest absolute Gasteiger partial charge is 0.481 e. The second kappa shape index (κ2) is 6.41. The number of carbonyl (C=O) groups excluding carboxylic acids is 1. The maximum absolute atomic E-state index is 11.7. The lowest BCUT2D eigenvalue weighted by atomic mass is 10.1. The highest BCUT2D eigenvalue weighted by atomic mass is 35.5. The van der Waals surface area contributed by atoms with Crippen molar-refractivity contribution < 1.29 is 19.0 Å². The van der Waals surface area contributed by atoms with Gasteiger partial charge in [-0.3, -0.25) is 4.79 Å². The fourth-order valence-corrected chi connectivity index (χ4v) is 1.97. The zero-order chi connectivity index (χ0) is 15.4. The van der Waals surface area contributed by atoms with Crippen LogP contribution in [-0.4, -0.2) is 30.0 Å². The predicted octanol–water partition coefficient (Wildman–Crippen LogP) is 3.14. The van der Waals surface area contributed by atoms with Crippen molar-refractivity contribution in [2.24, 2.45) is 0 Å². The van der Waals surface area contributed by atoms with E-state index in [2.05, 4.69) is 9.97 Å². The van der Waals surface area contributed by atoms with Crippen LogP contribution in [0.5, 0.6) is 23.5 Å². The number of methoxy groups -OCH3 is 2. The molecule has 2 aromatic rings. The summed E-state index contributed by atoms with van der Waals surface area (Å²) in [5, 5.41) is 0.301. The third-order valence-electron chi connectivity index (χ3n) is 2.61. The average Bonchev–Trinajstić information content (AvgIpc) is 2.46. The van der Waals surface area contributed by atoms with Gasteiger partial charge in [0, 0.05) is 0 Å². The van der Waals surface area contributed by atoms with Gasteiger partial charge in [0.1, 0.15) is 5.75 Å². The van der Waals surface area contributed by atoms with Crippen molar-refractivity contribution in [2.45, 2.75) is 6.92 Å². The maximum Gasteiger partial charge on any atom is 0.328 e. The van der Waals surface area contributed by atoms with Crippen molar-refractivity contribution in [3.8, 4) is 23.5 Å². The number of benzene rings is 1. The molecule has 0 saturated carbocycles. The lowest BCUT2D eigenvalue weighted by Crippen LogP contribution is -2.02. The summed E-state index contributed by atoms with van der Waals surface area (Å²) < 4.78 is 15.6. The Kier molecular flexibility index (Phi) is 4.59. The molecule has 0 spiro atoms. The molecule has 1 aromatic carbocycles. The van der Waals surface area contributed by atoms with E-state index in [0.717, 1.165) is 0 Å². The number of hydrogen-bond acceptors (Lipinski definition) is 6. The Morgan fingerprint density at radius 2 is 1.76 bits per heavy atom. The molecule has 0 saturated heterocycles. The molecule has 0 aliphatic carbocycles. The summed E-state index contributed by atoms with van der Waals surface area (Å²) >= 11 is 6.02.